The minimum Gasteiger partial charge on any atom is -0.381 e. The third-order valence-electron chi connectivity index (χ3n) is 3.88. The van der Waals surface area contributed by atoms with Gasteiger partial charge in [0.15, 0.2) is 0 Å². The Morgan fingerprint density at radius 3 is 2.32 bits per heavy atom. The van der Waals surface area contributed by atoms with Crippen molar-refractivity contribution in [3.05, 3.63) is 0 Å². The lowest BCUT2D eigenvalue weighted by Gasteiger charge is -2.35. The lowest BCUT2D eigenvalue weighted by atomic mass is 9.79. The first kappa shape index (κ1) is 18.7. The Bertz CT molecular complexity index is 266. The molecule has 0 aliphatic carbocycles. The normalized spacial score (nSPS) is 19.6. The maximum Gasteiger partial charge on any atom is 0.227 e. The van der Waals surface area contributed by atoms with E-state index in [1.807, 2.05) is 0 Å². The lowest BCUT2D eigenvalue weighted by Crippen LogP contribution is -2.51. The topological polar surface area (TPSA) is 64.4 Å². The van der Waals surface area contributed by atoms with Gasteiger partial charge in [0.05, 0.1) is 5.41 Å². The second-order valence-corrected chi connectivity index (χ2v) is 5.94. The largest absolute Gasteiger partial charge is 0.381 e. The fraction of sp³-hybridized carbons (Fsp3) is 0.929. The molecule has 114 valence electrons. The molecule has 1 amide bonds. The van der Waals surface area contributed by atoms with Gasteiger partial charge in [0.1, 0.15) is 0 Å². The van der Waals surface area contributed by atoms with Crippen molar-refractivity contribution in [2.75, 3.05) is 19.8 Å². The third kappa shape index (κ3) is 5.67. The van der Waals surface area contributed by atoms with Crippen LogP contribution in [0.15, 0.2) is 0 Å². The Hall–Kier alpha value is -0.320. The maximum atomic E-state index is 12.4. The van der Waals surface area contributed by atoms with Gasteiger partial charge in [0, 0.05) is 25.8 Å². The van der Waals surface area contributed by atoms with Crippen molar-refractivity contribution in [1.82, 2.24) is 5.32 Å². The molecule has 0 radical (unpaired) electrons. The number of hydrogen-bond donors (Lipinski definition) is 2. The van der Waals surface area contributed by atoms with E-state index in [2.05, 4.69) is 26.1 Å². The summed E-state index contributed by atoms with van der Waals surface area (Å²) in [5, 5.41) is 3.12. The van der Waals surface area contributed by atoms with Gasteiger partial charge in [-0.3, -0.25) is 4.79 Å². The number of nitrogens with two attached hydrogens (primary N) is 1. The number of halogens is 1. The second kappa shape index (κ2) is 8.77. The summed E-state index contributed by atoms with van der Waals surface area (Å²) in [6, 6.07) is 0.228. The Labute approximate surface area is 123 Å². The molecule has 1 aliphatic rings. The zero-order chi connectivity index (χ0) is 13.6. The average Bonchev–Trinajstić information content (AvgIpc) is 2.37. The van der Waals surface area contributed by atoms with E-state index in [-0.39, 0.29) is 24.4 Å². The molecule has 0 saturated carbocycles. The minimum absolute atomic E-state index is 0. The summed E-state index contributed by atoms with van der Waals surface area (Å²) in [7, 11) is 0. The first-order valence-electron chi connectivity index (χ1n) is 7.09. The molecule has 1 rings (SSSR count). The number of carbonyl (C=O) groups is 1. The van der Waals surface area contributed by atoms with Gasteiger partial charge >= 0.3 is 0 Å². The minimum atomic E-state index is -0.398. The predicted molar refractivity (Wildman–Crippen MR) is 80.5 cm³/mol. The number of nitrogens with one attached hydrogen (secondary N) is 1. The SMILES string of the molecule is CC(C)CCC(C)NC(=O)C1(CN)CCOCC1.Cl. The van der Waals surface area contributed by atoms with Crippen molar-refractivity contribution >= 4 is 18.3 Å². The molecule has 1 fully saturated rings. The molecule has 1 atom stereocenters. The molecule has 3 N–H and O–H groups in total. The average molecular weight is 293 g/mol. The van der Waals surface area contributed by atoms with Crippen molar-refractivity contribution in [3.63, 3.8) is 0 Å². The summed E-state index contributed by atoms with van der Waals surface area (Å²) in [5.74, 6) is 0.792. The van der Waals surface area contributed by atoms with E-state index in [1.54, 1.807) is 0 Å². The molecule has 1 aliphatic heterocycles. The molecule has 1 unspecified atom stereocenters. The number of hydrogen-bond acceptors (Lipinski definition) is 3. The van der Waals surface area contributed by atoms with E-state index in [0.717, 1.165) is 25.7 Å². The molecule has 1 saturated heterocycles. The van der Waals surface area contributed by atoms with Crippen molar-refractivity contribution < 1.29 is 9.53 Å². The van der Waals surface area contributed by atoms with Gasteiger partial charge in [-0.05, 0) is 38.5 Å². The van der Waals surface area contributed by atoms with Crippen molar-refractivity contribution in [1.29, 1.82) is 0 Å². The van der Waals surface area contributed by atoms with Gasteiger partial charge in [-0.2, -0.15) is 0 Å². The van der Waals surface area contributed by atoms with E-state index in [9.17, 15) is 4.79 Å². The Morgan fingerprint density at radius 1 is 1.26 bits per heavy atom. The molecule has 0 aromatic heterocycles. The zero-order valence-electron chi connectivity index (χ0n) is 12.4. The van der Waals surface area contributed by atoms with Crippen LogP contribution >= 0.6 is 12.4 Å². The van der Waals surface area contributed by atoms with Crippen molar-refractivity contribution in [3.8, 4) is 0 Å². The van der Waals surface area contributed by atoms with E-state index >= 15 is 0 Å². The molecular weight excluding hydrogens is 264 g/mol. The Balaban J connectivity index is 0.00000324. The Morgan fingerprint density at radius 2 is 1.84 bits per heavy atom. The highest BCUT2D eigenvalue weighted by atomic mass is 35.5. The molecule has 0 aromatic rings. The number of ether oxygens (including phenoxy) is 1. The molecule has 0 spiro atoms. The summed E-state index contributed by atoms with van der Waals surface area (Å²) in [6.45, 7) is 8.18. The van der Waals surface area contributed by atoms with Gasteiger partial charge in [0.25, 0.3) is 0 Å². The predicted octanol–water partition coefficient (Wildman–Crippen LogP) is 2.10. The van der Waals surface area contributed by atoms with Crippen LogP contribution in [0.5, 0.6) is 0 Å². The third-order valence-corrected chi connectivity index (χ3v) is 3.88. The molecule has 19 heavy (non-hydrogen) atoms. The molecule has 5 heteroatoms. The fourth-order valence-electron chi connectivity index (χ4n) is 2.32. The zero-order valence-corrected chi connectivity index (χ0v) is 13.2. The van der Waals surface area contributed by atoms with Crippen LogP contribution in [0.25, 0.3) is 0 Å². The molecule has 1 heterocycles. The highest BCUT2D eigenvalue weighted by Crippen LogP contribution is 2.29. The molecular formula is C14H29ClN2O2. The van der Waals surface area contributed by atoms with E-state index < -0.39 is 5.41 Å². The van der Waals surface area contributed by atoms with Crippen molar-refractivity contribution in [2.45, 2.75) is 52.5 Å². The van der Waals surface area contributed by atoms with Crippen LogP contribution in [0.3, 0.4) is 0 Å². The Kier molecular flexibility index (Phi) is 8.62. The van der Waals surface area contributed by atoms with Crippen LogP contribution in [0, 0.1) is 11.3 Å². The van der Waals surface area contributed by atoms with Crippen molar-refractivity contribution in [2.24, 2.45) is 17.1 Å². The van der Waals surface area contributed by atoms with Crippen LogP contribution in [0.2, 0.25) is 0 Å². The van der Waals surface area contributed by atoms with Gasteiger partial charge < -0.3 is 15.8 Å². The monoisotopic (exact) mass is 292 g/mol. The maximum absolute atomic E-state index is 12.4. The van der Waals surface area contributed by atoms with Gasteiger partial charge in [-0.25, -0.2) is 0 Å². The summed E-state index contributed by atoms with van der Waals surface area (Å²) in [6.07, 6.45) is 3.65. The van der Waals surface area contributed by atoms with E-state index in [1.165, 1.54) is 0 Å². The molecule has 4 nitrogen and oxygen atoms in total. The van der Waals surface area contributed by atoms with Gasteiger partial charge in [-0.1, -0.05) is 13.8 Å². The summed E-state index contributed by atoms with van der Waals surface area (Å²) >= 11 is 0. The molecule has 0 bridgehead atoms. The number of amides is 1. The quantitative estimate of drug-likeness (QED) is 0.788. The standard InChI is InChI=1S/C14H28N2O2.ClH/c1-11(2)4-5-12(3)16-13(17)14(10-15)6-8-18-9-7-14;/h11-12H,4-10,15H2,1-3H3,(H,16,17);1H. The lowest BCUT2D eigenvalue weighted by molar-refractivity contribution is -0.136. The van der Waals surface area contributed by atoms with Crippen LogP contribution in [0.4, 0.5) is 0 Å². The summed E-state index contributed by atoms with van der Waals surface area (Å²) in [5.41, 5.74) is 5.42. The number of rotatable bonds is 6. The summed E-state index contributed by atoms with van der Waals surface area (Å²) in [4.78, 5) is 12.4. The number of carbonyl (C=O) groups excluding carboxylic acids is 1. The van der Waals surface area contributed by atoms with Gasteiger partial charge in [0.2, 0.25) is 5.91 Å². The smallest absolute Gasteiger partial charge is 0.227 e. The first-order valence-corrected chi connectivity index (χ1v) is 7.09. The summed E-state index contributed by atoms with van der Waals surface area (Å²) < 4.78 is 5.33. The van der Waals surface area contributed by atoms with E-state index in [4.69, 9.17) is 10.5 Å². The van der Waals surface area contributed by atoms with Gasteiger partial charge in [-0.15, -0.1) is 12.4 Å². The first-order chi connectivity index (χ1) is 8.50. The van der Waals surface area contributed by atoms with E-state index in [0.29, 0.717) is 25.7 Å². The fourth-order valence-corrected chi connectivity index (χ4v) is 2.32. The molecule has 0 aromatic carbocycles. The van der Waals surface area contributed by atoms with Crippen LogP contribution in [0.1, 0.15) is 46.5 Å². The van der Waals surface area contributed by atoms with Crippen LogP contribution in [-0.2, 0) is 9.53 Å². The van der Waals surface area contributed by atoms with Crippen LogP contribution < -0.4 is 11.1 Å². The highest BCUT2D eigenvalue weighted by molar-refractivity contribution is 5.85. The highest BCUT2D eigenvalue weighted by Gasteiger charge is 2.39. The van der Waals surface area contributed by atoms with Crippen LogP contribution in [-0.4, -0.2) is 31.7 Å². The second-order valence-electron chi connectivity index (χ2n) is 5.94.